The molecule has 6 nitrogen and oxygen atoms in total. The molecule has 2 N–H and O–H groups in total. The third kappa shape index (κ3) is 4.30. The lowest BCUT2D eigenvalue weighted by Gasteiger charge is -2.33. The highest BCUT2D eigenvalue weighted by Gasteiger charge is 2.28. The van der Waals surface area contributed by atoms with Crippen LogP contribution in [0, 0.1) is 5.92 Å². The lowest BCUT2D eigenvalue weighted by molar-refractivity contribution is -0.123. The molecule has 140 valence electrons. The van der Waals surface area contributed by atoms with E-state index in [0.29, 0.717) is 30.8 Å². The lowest BCUT2D eigenvalue weighted by Crippen LogP contribution is -2.46. The van der Waals surface area contributed by atoms with Gasteiger partial charge in [0.1, 0.15) is 0 Å². The smallest absolute Gasteiger partial charge is 0.254 e. The molecule has 2 saturated heterocycles. The van der Waals surface area contributed by atoms with Gasteiger partial charge in [-0.1, -0.05) is 18.2 Å². The van der Waals surface area contributed by atoms with E-state index >= 15 is 0 Å². The number of likely N-dealkylation sites (tertiary alicyclic amines) is 1. The first-order chi connectivity index (χ1) is 12.6. The van der Waals surface area contributed by atoms with Gasteiger partial charge in [-0.05, 0) is 51.1 Å². The number of hydrogen-bond acceptors (Lipinski definition) is 4. The molecule has 2 amide bonds. The summed E-state index contributed by atoms with van der Waals surface area (Å²) in [7, 11) is 0. The minimum absolute atomic E-state index is 0.0628. The summed E-state index contributed by atoms with van der Waals surface area (Å²) in [6, 6.07) is 6.91. The van der Waals surface area contributed by atoms with Crippen molar-refractivity contribution >= 4 is 17.6 Å². The van der Waals surface area contributed by atoms with Crippen LogP contribution >= 0.6 is 0 Å². The molecule has 1 aromatic carbocycles. The lowest BCUT2D eigenvalue weighted by atomic mass is 9.96. The molecule has 1 aromatic rings. The number of hydrogen-bond donors (Lipinski definition) is 2. The Morgan fingerprint density at radius 2 is 1.92 bits per heavy atom. The maximum absolute atomic E-state index is 12.9. The molecule has 2 aliphatic rings. The first-order valence-electron chi connectivity index (χ1n) is 9.46. The van der Waals surface area contributed by atoms with Crippen LogP contribution in [0.4, 0.5) is 0 Å². The van der Waals surface area contributed by atoms with Crippen molar-refractivity contribution in [1.82, 2.24) is 15.5 Å². The molecule has 0 saturated carbocycles. The Kier molecular flexibility index (Phi) is 6.04. The number of Topliss-reactive ketones (excluding diaryl/α,β-unsaturated/α-hetero) is 1. The Balaban J connectivity index is 1.58. The Morgan fingerprint density at radius 1 is 1.15 bits per heavy atom. The van der Waals surface area contributed by atoms with Crippen molar-refractivity contribution in [2.75, 3.05) is 26.2 Å². The van der Waals surface area contributed by atoms with Gasteiger partial charge in [-0.3, -0.25) is 14.4 Å². The van der Waals surface area contributed by atoms with Crippen LogP contribution in [0.5, 0.6) is 0 Å². The molecule has 2 fully saturated rings. The van der Waals surface area contributed by atoms with Gasteiger partial charge in [0.15, 0.2) is 5.78 Å². The van der Waals surface area contributed by atoms with Gasteiger partial charge in [0.25, 0.3) is 5.91 Å². The van der Waals surface area contributed by atoms with Gasteiger partial charge in [0, 0.05) is 25.2 Å². The SMILES string of the molecule is CC(=O)c1ccccc1C(=O)N1CCCC(CNC(=O)C2CCCN2)C1. The molecule has 0 radical (unpaired) electrons. The molecular formula is C20H27N3O3. The Hall–Kier alpha value is -2.21. The predicted molar refractivity (Wildman–Crippen MR) is 99.1 cm³/mol. The number of piperidine rings is 1. The van der Waals surface area contributed by atoms with Crippen LogP contribution in [0.2, 0.25) is 0 Å². The fourth-order valence-corrected chi connectivity index (χ4v) is 3.84. The predicted octanol–water partition coefficient (Wildman–Crippen LogP) is 1.61. The van der Waals surface area contributed by atoms with Crippen molar-refractivity contribution < 1.29 is 14.4 Å². The second-order valence-corrected chi connectivity index (χ2v) is 7.26. The molecule has 2 heterocycles. The number of carbonyl (C=O) groups is 3. The van der Waals surface area contributed by atoms with Crippen LogP contribution in [0.3, 0.4) is 0 Å². The number of nitrogens with zero attached hydrogens (tertiary/aromatic N) is 1. The van der Waals surface area contributed by atoms with Gasteiger partial charge < -0.3 is 15.5 Å². The van der Waals surface area contributed by atoms with E-state index in [1.165, 1.54) is 6.92 Å². The topological polar surface area (TPSA) is 78.5 Å². The summed E-state index contributed by atoms with van der Waals surface area (Å²) >= 11 is 0. The zero-order chi connectivity index (χ0) is 18.5. The van der Waals surface area contributed by atoms with E-state index in [1.807, 2.05) is 4.90 Å². The van der Waals surface area contributed by atoms with Gasteiger partial charge in [0.05, 0.1) is 11.6 Å². The molecule has 6 heteroatoms. The van der Waals surface area contributed by atoms with E-state index in [1.54, 1.807) is 24.3 Å². The first kappa shape index (κ1) is 18.6. The summed E-state index contributed by atoms with van der Waals surface area (Å²) in [5.41, 5.74) is 0.945. The number of amides is 2. The van der Waals surface area contributed by atoms with Crippen LogP contribution in [0.1, 0.15) is 53.3 Å². The maximum atomic E-state index is 12.9. The third-order valence-corrected chi connectivity index (χ3v) is 5.28. The largest absolute Gasteiger partial charge is 0.354 e. The number of benzene rings is 1. The quantitative estimate of drug-likeness (QED) is 0.785. The monoisotopic (exact) mass is 357 g/mol. The normalized spacial score (nSPS) is 22.9. The van der Waals surface area contributed by atoms with Crippen molar-refractivity contribution in [1.29, 1.82) is 0 Å². The van der Waals surface area contributed by atoms with Crippen LogP contribution in [0.15, 0.2) is 24.3 Å². The van der Waals surface area contributed by atoms with Crippen molar-refractivity contribution in [3.63, 3.8) is 0 Å². The van der Waals surface area contributed by atoms with Crippen molar-refractivity contribution in [2.45, 2.75) is 38.6 Å². The standard InChI is InChI=1S/C20H27N3O3/c1-14(24)16-7-2-3-8-17(16)20(26)23-11-5-6-15(13-23)12-22-19(25)18-9-4-10-21-18/h2-3,7-8,15,18,21H,4-6,9-13H2,1H3,(H,22,25). The summed E-state index contributed by atoms with van der Waals surface area (Å²) in [5.74, 6) is 0.124. The van der Waals surface area contributed by atoms with Crippen molar-refractivity contribution in [3.8, 4) is 0 Å². The Labute approximate surface area is 154 Å². The van der Waals surface area contributed by atoms with Gasteiger partial charge in [-0.15, -0.1) is 0 Å². The Morgan fingerprint density at radius 3 is 2.62 bits per heavy atom. The minimum atomic E-state index is -0.0983. The average Bonchev–Trinajstić information content (AvgIpc) is 3.20. The zero-order valence-corrected chi connectivity index (χ0v) is 15.3. The fraction of sp³-hybridized carbons (Fsp3) is 0.550. The summed E-state index contributed by atoms with van der Waals surface area (Å²) in [6.45, 7) is 4.29. The molecule has 26 heavy (non-hydrogen) atoms. The van der Waals surface area contributed by atoms with Crippen LogP contribution in [-0.4, -0.2) is 54.7 Å². The van der Waals surface area contributed by atoms with E-state index in [2.05, 4.69) is 10.6 Å². The van der Waals surface area contributed by atoms with Crippen molar-refractivity contribution in [2.24, 2.45) is 5.92 Å². The number of nitrogens with one attached hydrogen (secondary N) is 2. The summed E-state index contributed by atoms with van der Waals surface area (Å²) in [4.78, 5) is 38.7. The van der Waals surface area contributed by atoms with E-state index in [-0.39, 0.29) is 29.6 Å². The Bertz CT molecular complexity index is 683. The van der Waals surface area contributed by atoms with Gasteiger partial charge in [0.2, 0.25) is 5.91 Å². The average molecular weight is 357 g/mol. The van der Waals surface area contributed by atoms with E-state index in [0.717, 1.165) is 32.2 Å². The molecule has 0 bridgehead atoms. The zero-order valence-electron chi connectivity index (χ0n) is 15.3. The van der Waals surface area contributed by atoms with Crippen LogP contribution < -0.4 is 10.6 Å². The molecular weight excluding hydrogens is 330 g/mol. The highest BCUT2D eigenvalue weighted by atomic mass is 16.2. The van der Waals surface area contributed by atoms with E-state index in [9.17, 15) is 14.4 Å². The fourth-order valence-electron chi connectivity index (χ4n) is 3.84. The van der Waals surface area contributed by atoms with Gasteiger partial charge in [-0.25, -0.2) is 0 Å². The molecule has 0 aromatic heterocycles. The highest BCUT2D eigenvalue weighted by molar-refractivity contribution is 6.07. The molecule has 2 unspecified atom stereocenters. The highest BCUT2D eigenvalue weighted by Crippen LogP contribution is 2.20. The second-order valence-electron chi connectivity index (χ2n) is 7.26. The molecule has 2 atom stereocenters. The number of ketones is 1. The van der Waals surface area contributed by atoms with Crippen LogP contribution in [-0.2, 0) is 4.79 Å². The van der Waals surface area contributed by atoms with E-state index < -0.39 is 0 Å². The van der Waals surface area contributed by atoms with Crippen LogP contribution in [0.25, 0.3) is 0 Å². The van der Waals surface area contributed by atoms with Gasteiger partial charge >= 0.3 is 0 Å². The maximum Gasteiger partial charge on any atom is 0.254 e. The first-order valence-corrected chi connectivity index (χ1v) is 9.46. The molecule has 2 aliphatic heterocycles. The summed E-state index contributed by atoms with van der Waals surface area (Å²) in [6.07, 6.45) is 3.84. The second kappa shape index (κ2) is 8.45. The third-order valence-electron chi connectivity index (χ3n) is 5.28. The number of carbonyl (C=O) groups excluding carboxylic acids is 3. The summed E-state index contributed by atoms with van der Waals surface area (Å²) in [5, 5.41) is 6.23. The number of rotatable bonds is 5. The molecule has 3 rings (SSSR count). The molecule has 0 aliphatic carbocycles. The van der Waals surface area contributed by atoms with Crippen molar-refractivity contribution in [3.05, 3.63) is 35.4 Å². The summed E-state index contributed by atoms with van der Waals surface area (Å²) < 4.78 is 0. The minimum Gasteiger partial charge on any atom is -0.354 e. The van der Waals surface area contributed by atoms with E-state index in [4.69, 9.17) is 0 Å². The van der Waals surface area contributed by atoms with Gasteiger partial charge in [-0.2, -0.15) is 0 Å². The molecule has 0 spiro atoms.